The Morgan fingerprint density at radius 1 is 1.09 bits per heavy atom. The van der Waals surface area contributed by atoms with Crippen LogP contribution >= 0.6 is 11.6 Å². The lowest BCUT2D eigenvalue weighted by molar-refractivity contribution is -0.132. The fourth-order valence-electron chi connectivity index (χ4n) is 5.74. The number of nitrogens with one attached hydrogen (secondary N) is 2. The number of imidazole rings is 1. The van der Waals surface area contributed by atoms with Crippen LogP contribution in [0.1, 0.15) is 52.4 Å². The highest BCUT2D eigenvalue weighted by atomic mass is 35.5. The summed E-state index contributed by atoms with van der Waals surface area (Å²) in [6.45, 7) is 8.05. The summed E-state index contributed by atoms with van der Waals surface area (Å²) in [7, 11) is 3.90. The van der Waals surface area contributed by atoms with Gasteiger partial charge in [-0.2, -0.15) is 0 Å². The van der Waals surface area contributed by atoms with Crippen LogP contribution in [0.25, 0.3) is 22.6 Å². The standard InChI is InChI=1S/C32H36ClN7O3/c1-5-38(3)15-13-28(41)40-17-25-27(18-40)43-32(37-25)22-10-6-9-21(29(22)33)20-8-7-11-23(19(20)2)36-31(42)30-35-24-16-34-14-12-26(24)39(30)4/h6-11,34H,5,12-18H2,1-4H3,(H,36,42). The van der Waals surface area contributed by atoms with Crippen molar-refractivity contribution in [3.63, 3.8) is 0 Å². The van der Waals surface area contributed by atoms with Crippen molar-refractivity contribution in [2.24, 2.45) is 7.05 Å². The molecule has 0 saturated heterocycles. The number of oxazole rings is 1. The molecule has 10 nitrogen and oxygen atoms in total. The molecule has 0 saturated carbocycles. The molecule has 2 aromatic carbocycles. The van der Waals surface area contributed by atoms with Gasteiger partial charge in [0.25, 0.3) is 5.91 Å². The van der Waals surface area contributed by atoms with E-state index in [-0.39, 0.29) is 11.8 Å². The van der Waals surface area contributed by atoms with E-state index < -0.39 is 0 Å². The molecule has 2 amide bonds. The number of hydrogen-bond donors (Lipinski definition) is 2. The zero-order chi connectivity index (χ0) is 30.2. The summed E-state index contributed by atoms with van der Waals surface area (Å²) in [5.74, 6) is 1.36. The summed E-state index contributed by atoms with van der Waals surface area (Å²) in [5.41, 5.74) is 6.72. The summed E-state index contributed by atoms with van der Waals surface area (Å²) in [4.78, 5) is 39.2. The van der Waals surface area contributed by atoms with Crippen LogP contribution in [0.2, 0.25) is 5.02 Å². The van der Waals surface area contributed by atoms with E-state index in [0.717, 1.165) is 59.8 Å². The predicted molar refractivity (Wildman–Crippen MR) is 166 cm³/mol. The number of rotatable bonds is 8. The zero-order valence-electron chi connectivity index (χ0n) is 25.0. The van der Waals surface area contributed by atoms with E-state index in [1.165, 1.54) is 0 Å². The summed E-state index contributed by atoms with van der Waals surface area (Å²) in [6.07, 6.45) is 1.31. The lowest BCUT2D eigenvalue weighted by Crippen LogP contribution is -2.30. The van der Waals surface area contributed by atoms with Gasteiger partial charge in [0.15, 0.2) is 5.82 Å². The predicted octanol–water partition coefficient (Wildman–Crippen LogP) is 4.79. The van der Waals surface area contributed by atoms with Gasteiger partial charge in [-0.05, 0) is 43.8 Å². The number of carbonyl (C=O) groups is 2. The van der Waals surface area contributed by atoms with Crippen molar-refractivity contribution < 1.29 is 14.0 Å². The Labute approximate surface area is 256 Å². The molecule has 6 rings (SSSR count). The summed E-state index contributed by atoms with van der Waals surface area (Å²) in [5, 5.41) is 6.87. The van der Waals surface area contributed by atoms with E-state index in [1.807, 2.05) is 62.0 Å². The average molecular weight is 602 g/mol. The Balaban J connectivity index is 1.21. The zero-order valence-corrected chi connectivity index (χ0v) is 25.7. The minimum absolute atomic E-state index is 0.0945. The van der Waals surface area contributed by atoms with E-state index in [2.05, 4.69) is 27.4 Å². The van der Waals surface area contributed by atoms with Crippen molar-refractivity contribution in [3.05, 3.63) is 75.7 Å². The van der Waals surface area contributed by atoms with E-state index in [0.29, 0.717) is 59.8 Å². The second kappa shape index (κ2) is 11.9. The highest BCUT2D eigenvalue weighted by molar-refractivity contribution is 6.36. The Kier molecular flexibility index (Phi) is 8.09. The number of benzene rings is 2. The normalized spacial score (nSPS) is 14.2. The molecule has 0 spiro atoms. The second-order valence-corrected chi connectivity index (χ2v) is 11.6. The summed E-state index contributed by atoms with van der Waals surface area (Å²) >= 11 is 6.99. The molecule has 224 valence electrons. The number of fused-ring (bicyclic) bond motifs is 2. The van der Waals surface area contributed by atoms with E-state index in [4.69, 9.17) is 21.0 Å². The minimum atomic E-state index is -0.254. The molecule has 2 N–H and O–H groups in total. The largest absolute Gasteiger partial charge is 0.439 e. The third kappa shape index (κ3) is 5.58. The molecule has 2 aliphatic heterocycles. The van der Waals surface area contributed by atoms with Gasteiger partial charge in [-0.1, -0.05) is 42.8 Å². The van der Waals surface area contributed by atoms with Crippen molar-refractivity contribution in [2.75, 3.05) is 32.0 Å². The maximum Gasteiger partial charge on any atom is 0.291 e. The maximum atomic E-state index is 13.3. The molecule has 4 heterocycles. The first-order chi connectivity index (χ1) is 20.7. The fraction of sp³-hybridized carbons (Fsp3) is 0.375. The van der Waals surface area contributed by atoms with Crippen molar-refractivity contribution in [3.8, 4) is 22.6 Å². The molecule has 0 aliphatic carbocycles. The van der Waals surface area contributed by atoms with Crippen LogP contribution in [0.5, 0.6) is 0 Å². The fourth-order valence-corrected chi connectivity index (χ4v) is 6.05. The van der Waals surface area contributed by atoms with Gasteiger partial charge in [0.05, 0.1) is 29.4 Å². The summed E-state index contributed by atoms with van der Waals surface area (Å²) in [6, 6.07) is 11.5. The van der Waals surface area contributed by atoms with Crippen LogP contribution in [0.4, 0.5) is 5.69 Å². The highest BCUT2D eigenvalue weighted by Crippen LogP contribution is 2.40. The van der Waals surface area contributed by atoms with E-state index in [1.54, 1.807) is 4.90 Å². The van der Waals surface area contributed by atoms with Crippen molar-refractivity contribution in [2.45, 2.75) is 46.3 Å². The lowest BCUT2D eigenvalue weighted by Gasteiger charge is -2.18. The Hall–Kier alpha value is -3.99. The van der Waals surface area contributed by atoms with E-state index in [9.17, 15) is 9.59 Å². The third-order valence-electron chi connectivity index (χ3n) is 8.49. The van der Waals surface area contributed by atoms with Gasteiger partial charge in [0.1, 0.15) is 11.5 Å². The average Bonchev–Trinajstić information content (AvgIpc) is 3.69. The number of aromatic nitrogens is 3. The van der Waals surface area contributed by atoms with Crippen molar-refractivity contribution >= 4 is 29.1 Å². The second-order valence-electron chi connectivity index (χ2n) is 11.2. The number of anilines is 1. The Bertz CT molecular complexity index is 1690. The maximum absolute atomic E-state index is 13.3. The quantitative estimate of drug-likeness (QED) is 0.299. The molecule has 0 fully saturated rings. The van der Waals surface area contributed by atoms with Crippen molar-refractivity contribution in [1.82, 2.24) is 29.7 Å². The van der Waals surface area contributed by atoms with Crippen LogP contribution in [0.15, 0.2) is 40.8 Å². The first kappa shape index (κ1) is 29.1. The van der Waals surface area contributed by atoms with Crippen LogP contribution in [-0.2, 0) is 37.9 Å². The monoisotopic (exact) mass is 601 g/mol. The lowest BCUT2D eigenvalue weighted by atomic mass is 9.97. The topological polar surface area (TPSA) is 109 Å². The molecule has 0 unspecified atom stereocenters. The molecule has 4 aromatic rings. The van der Waals surface area contributed by atoms with Gasteiger partial charge in [0, 0.05) is 56.5 Å². The molecule has 0 atom stereocenters. The third-order valence-corrected chi connectivity index (χ3v) is 8.89. The van der Waals surface area contributed by atoms with Crippen LogP contribution in [0, 0.1) is 6.92 Å². The Morgan fingerprint density at radius 2 is 1.86 bits per heavy atom. The molecule has 43 heavy (non-hydrogen) atoms. The van der Waals surface area contributed by atoms with Crippen LogP contribution in [-0.4, -0.2) is 62.8 Å². The first-order valence-corrected chi connectivity index (χ1v) is 15.0. The van der Waals surface area contributed by atoms with Gasteiger partial charge in [-0.25, -0.2) is 9.97 Å². The van der Waals surface area contributed by atoms with Gasteiger partial charge in [-0.3, -0.25) is 9.59 Å². The van der Waals surface area contributed by atoms with Gasteiger partial charge < -0.3 is 29.4 Å². The molecular formula is C32H36ClN7O3. The van der Waals surface area contributed by atoms with Gasteiger partial charge in [-0.15, -0.1) is 0 Å². The SMILES string of the molecule is CCN(C)CCC(=O)N1Cc2nc(-c3cccc(-c4cccc(NC(=O)c5nc6c(n5C)CCNC6)c4C)c3Cl)oc2C1. The molecule has 2 aromatic heterocycles. The highest BCUT2D eigenvalue weighted by Gasteiger charge is 2.30. The molecule has 2 aliphatic rings. The molecule has 11 heteroatoms. The van der Waals surface area contributed by atoms with Gasteiger partial charge >= 0.3 is 0 Å². The number of halogens is 1. The van der Waals surface area contributed by atoms with Crippen molar-refractivity contribution in [1.29, 1.82) is 0 Å². The molecule has 0 bridgehead atoms. The minimum Gasteiger partial charge on any atom is -0.439 e. The number of nitrogens with zero attached hydrogens (tertiary/aromatic N) is 5. The molecular weight excluding hydrogens is 566 g/mol. The number of amides is 2. The summed E-state index contributed by atoms with van der Waals surface area (Å²) < 4.78 is 8.03. The smallest absolute Gasteiger partial charge is 0.291 e. The van der Waals surface area contributed by atoms with Gasteiger partial charge in [0.2, 0.25) is 11.8 Å². The van der Waals surface area contributed by atoms with Crippen LogP contribution < -0.4 is 10.6 Å². The van der Waals surface area contributed by atoms with Crippen LogP contribution in [0.3, 0.4) is 0 Å². The molecule has 0 radical (unpaired) electrons. The number of carbonyl (C=O) groups excluding carboxylic acids is 2. The van der Waals surface area contributed by atoms with E-state index >= 15 is 0 Å². The Morgan fingerprint density at radius 3 is 2.63 bits per heavy atom. The first-order valence-electron chi connectivity index (χ1n) is 14.7. The number of hydrogen-bond acceptors (Lipinski definition) is 7.